The summed E-state index contributed by atoms with van der Waals surface area (Å²) in [5.41, 5.74) is 1.48. The zero-order valence-corrected chi connectivity index (χ0v) is 13.4. The topological polar surface area (TPSA) is 101 Å². The molecule has 0 aliphatic rings. The molecule has 8 nitrogen and oxygen atoms in total. The molecule has 0 bridgehead atoms. The van der Waals surface area contributed by atoms with Gasteiger partial charge in [0.05, 0.1) is 24.8 Å². The summed E-state index contributed by atoms with van der Waals surface area (Å²) in [6, 6.07) is 9.81. The molecule has 2 aromatic heterocycles. The van der Waals surface area contributed by atoms with E-state index >= 15 is 0 Å². The fraction of sp³-hybridized carbons (Fsp3) is 0.250. The third kappa shape index (κ3) is 3.12. The Hall–Kier alpha value is -3.16. The van der Waals surface area contributed by atoms with Crippen LogP contribution in [0.3, 0.4) is 0 Å². The molecule has 3 aromatic rings. The standard InChI is InChI=1S/C16H17N5O3/c1-10-12(8-13(22)24-2)14(23)21-16(18-10)19-15(20-21)17-9-11-6-4-3-5-7-11/h3-7H,8-9H2,1-2H3,(H2,17,18,19,20). The van der Waals surface area contributed by atoms with Gasteiger partial charge in [0.2, 0.25) is 5.95 Å². The number of aromatic nitrogens is 4. The molecule has 0 atom stereocenters. The number of fused-ring (bicyclic) bond motifs is 1. The van der Waals surface area contributed by atoms with Crippen LogP contribution in [0.25, 0.3) is 5.78 Å². The average Bonchev–Trinajstić information content (AvgIpc) is 3.00. The van der Waals surface area contributed by atoms with Crippen molar-refractivity contribution in [3.05, 3.63) is 57.5 Å². The highest BCUT2D eigenvalue weighted by Crippen LogP contribution is 2.08. The number of H-pyrrole nitrogens is 1. The van der Waals surface area contributed by atoms with E-state index in [0.29, 0.717) is 18.2 Å². The van der Waals surface area contributed by atoms with Crippen molar-refractivity contribution in [1.82, 2.24) is 19.6 Å². The Bertz CT molecular complexity index is 930. The number of nitrogens with zero attached hydrogens (tertiary/aromatic N) is 3. The van der Waals surface area contributed by atoms with Gasteiger partial charge in [-0.2, -0.15) is 9.50 Å². The molecule has 2 heterocycles. The highest BCUT2D eigenvalue weighted by Gasteiger charge is 2.16. The van der Waals surface area contributed by atoms with Crippen molar-refractivity contribution in [2.24, 2.45) is 0 Å². The van der Waals surface area contributed by atoms with Gasteiger partial charge in [-0.05, 0) is 12.5 Å². The predicted molar refractivity (Wildman–Crippen MR) is 87.8 cm³/mol. The maximum atomic E-state index is 12.5. The highest BCUT2D eigenvalue weighted by atomic mass is 16.5. The van der Waals surface area contributed by atoms with E-state index in [2.05, 4.69) is 25.1 Å². The van der Waals surface area contributed by atoms with Gasteiger partial charge in [-0.15, -0.1) is 0 Å². The van der Waals surface area contributed by atoms with Gasteiger partial charge in [-0.1, -0.05) is 30.3 Å². The first-order valence-electron chi connectivity index (χ1n) is 7.41. The van der Waals surface area contributed by atoms with Crippen LogP contribution in [0.15, 0.2) is 35.1 Å². The molecule has 8 heteroatoms. The maximum Gasteiger partial charge on any atom is 0.310 e. The molecule has 0 unspecified atom stereocenters. The second-order valence-corrected chi connectivity index (χ2v) is 5.28. The lowest BCUT2D eigenvalue weighted by atomic mass is 10.2. The van der Waals surface area contributed by atoms with Crippen molar-refractivity contribution in [2.75, 3.05) is 12.4 Å². The van der Waals surface area contributed by atoms with Crippen molar-refractivity contribution in [3.8, 4) is 0 Å². The first-order chi connectivity index (χ1) is 11.6. The quantitative estimate of drug-likeness (QED) is 0.679. The Kier molecular flexibility index (Phi) is 4.28. The monoisotopic (exact) mass is 327 g/mol. The van der Waals surface area contributed by atoms with E-state index in [1.54, 1.807) is 6.92 Å². The first kappa shape index (κ1) is 15.7. The average molecular weight is 327 g/mol. The molecule has 0 saturated carbocycles. The molecule has 1 aromatic carbocycles. The van der Waals surface area contributed by atoms with Crippen LogP contribution in [-0.2, 0) is 22.5 Å². The van der Waals surface area contributed by atoms with Crippen LogP contribution in [0.2, 0.25) is 0 Å². The number of nitrogens with one attached hydrogen (secondary N) is 2. The summed E-state index contributed by atoms with van der Waals surface area (Å²) in [6.07, 6.45) is -0.122. The minimum Gasteiger partial charge on any atom is -0.469 e. The van der Waals surface area contributed by atoms with E-state index in [1.807, 2.05) is 30.3 Å². The molecule has 0 radical (unpaired) electrons. The number of aromatic amines is 1. The molecule has 0 aliphatic carbocycles. The van der Waals surface area contributed by atoms with Crippen LogP contribution < -0.4 is 10.9 Å². The minimum absolute atomic E-state index is 0.122. The lowest BCUT2D eigenvalue weighted by molar-refractivity contribution is -0.139. The summed E-state index contributed by atoms with van der Waals surface area (Å²) in [4.78, 5) is 32.5. The molecule has 3 rings (SSSR count). The summed E-state index contributed by atoms with van der Waals surface area (Å²) >= 11 is 0. The Morgan fingerprint density at radius 1 is 1.29 bits per heavy atom. The fourth-order valence-electron chi connectivity index (χ4n) is 2.34. The van der Waals surface area contributed by atoms with E-state index in [9.17, 15) is 9.59 Å². The number of methoxy groups -OCH3 is 1. The minimum atomic E-state index is -0.487. The van der Waals surface area contributed by atoms with Crippen LogP contribution in [0.4, 0.5) is 5.95 Å². The van der Waals surface area contributed by atoms with Crippen LogP contribution in [0, 0.1) is 6.92 Å². The van der Waals surface area contributed by atoms with Gasteiger partial charge in [0.1, 0.15) is 0 Å². The zero-order chi connectivity index (χ0) is 17.1. The Morgan fingerprint density at radius 2 is 2.04 bits per heavy atom. The third-order valence-electron chi connectivity index (χ3n) is 3.65. The van der Waals surface area contributed by atoms with Crippen molar-refractivity contribution < 1.29 is 9.53 Å². The van der Waals surface area contributed by atoms with Crippen molar-refractivity contribution in [3.63, 3.8) is 0 Å². The van der Waals surface area contributed by atoms with E-state index in [0.717, 1.165) is 5.56 Å². The number of carbonyl (C=O) groups is 1. The van der Waals surface area contributed by atoms with Gasteiger partial charge < -0.3 is 10.1 Å². The normalized spacial score (nSPS) is 10.8. The van der Waals surface area contributed by atoms with Gasteiger partial charge in [0.15, 0.2) is 0 Å². The molecule has 2 N–H and O–H groups in total. The summed E-state index contributed by atoms with van der Waals surface area (Å²) in [6.45, 7) is 2.23. The van der Waals surface area contributed by atoms with Crippen molar-refractivity contribution in [2.45, 2.75) is 19.9 Å². The van der Waals surface area contributed by atoms with E-state index in [1.165, 1.54) is 11.6 Å². The van der Waals surface area contributed by atoms with Crippen LogP contribution >= 0.6 is 0 Å². The van der Waals surface area contributed by atoms with Crippen LogP contribution in [0.1, 0.15) is 16.8 Å². The second-order valence-electron chi connectivity index (χ2n) is 5.28. The predicted octanol–water partition coefficient (Wildman–Crippen LogP) is 1.05. The van der Waals surface area contributed by atoms with Crippen molar-refractivity contribution in [1.29, 1.82) is 0 Å². The number of hydrogen-bond acceptors (Lipinski definition) is 6. The number of aryl methyl sites for hydroxylation is 1. The molecule has 0 spiro atoms. The summed E-state index contributed by atoms with van der Waals surface area (Å²) in [5, 5.41) is 5.97. The fourth-order valence-corrected chi connectivity index (χ4v) is 2.34. The molecule has 0 aliphatic heterocycles. The van der Waals surface area contributed by atoms with Gasteiger partial charge in [-0.25, -0.2) is 4.98 Å². The summed E-state index contributed by atoms with van der Waals surface area (Å²) < 4.78 is 5.84. The van der Waals surface area contributed by atoms with E-state index < -0.39 is 5.97 Å². The third-order valence-corrected chi connectivity index (χ3v) is 3.65. The largest absolute Gasteiger partial charge is 0.469 e. The Balaban J connectivity index is 1.89. The number of ether oxygens (including phenoxy) is 1. The molecular weight excluding hydrogens is 310 g/mol. The smallest absolute Gasteiger partial charge is 0.310 e. The van der Waals surface area contributed by atoms with Gasteiger partial charge in [0.25, 0.3) is 11.3 Å². The lowest BCUT2D eigenvalue weighted by Gasteiger charge is -2.03. The van der Waals surface area contributed by atoms with Gasteiger partial charge >= 0.3 is 5.97 Å². The van der Waals surface area contributed by atoms with E-state index in [4.69, 9.17) is 0 Å². The van der Waals surface area contributed by atoms with E-state index in [-0.39, 0.29) is 23.3 Å². The van der Waals surface area contributed by atoms with Gasteiger partial charge in [-0.3, -0.25) is 14.7 Å². The molecule has 124 valence electrons. The molecular formula is C16H17N5O3. The summed E-state index contributed by atoms with van der Waals surface area (Å²) in [7, 11) is 1.28. The Labute approximate surface area is 137 Å². The number of hydrogen-bond donors (Lipinski definition) is 2. The lowest BCUT2D eigenvalue weighted by Crippen LogP contribution is -2.24. The molecule has 0 amide bonds. The SMILES string of the molecule is COC(=O)Cc1c(C)nc2nc(NCc3ccccc3)[nH]n2c1=O. The number of carbonyl (C=O) groups excluding carboxylic acids is 1. The van der Waals surface area contributed by atoms with Crippen LogP contribution in [-0.4, -0.2) is 32.7 Å². The number of rotatable bonds is 5. The Morgan fingerprint density at radius 3 is 2.75 bits per heavy atom. The molecule has 0 fully saturated rings. The summed E-state index contributed by atoms with van der Waals surface area (Å²) in [5.74, 6) is 0.193. The van der Waals surface area contributed by atoms with Gasteiger partial charge in [0, 0.05) is 6.54 Å². The van der Waals surface area contributed by atoms with Crippen LogP contribution in [0.5, 0.6) is 0 Å². The van der Waals surface area contributed by atoms with Crippen molar-refractivity contribution >= 4 is 17.7 Å². The molecule has 24 heavy (non-hydrogen) atoms. The first-order valence-corrected chi connectivity index (χ1v) is 7.41. The maximum absolute atomic E-state index is 12.5. The number of esters is 1. The molecule has 0 saturated heterocycles. The zero-order valence-electron chi connectivity index (χ0n) is 13.4. The second kappa shape index (κ2) is 6.53. The highest BCUT2D eigenvalue weighted by molar-refractivity contribution is 5.72. The number of benzene rings is 1. The number of anilines is 1.